The second-order valence-corrected chi connectivity index (χ2v) is 7.78. The zero-order chi connectivity index (χ0) is 16.4. The molecule has 0 atom stereocenters. The summed E-state index contributed by atoms with van der Waals surface area (Å²) < 4.78 is 27.0. The fraction of sp³-hybridized carbons (Fsp3) is 0.278. The zero-order valence-corrected chi connectivity index (χ0v) is 13.8. The number of Topliss-reactive ketones (excluding diaryl/α,β-unsaturated/α-hetero) is 1. The normalized spacial score (nSPS) is 14.5. The van der Waals surface area contributed by atoms with E-state index >= 15 is 0 Å². The van der Waals surface area contributed by atoms with Crippen molar-refractivity contribution < 1.29 is 13.2 Å². The maximum Gasteiger partial charge on any atom is 0.236 e. The van der Waals surface area contributed by atoms with Gasteiger partial charge >= 0.3 is 0 Å². The second-order valence-electron chi connectivity index (χ2n) is 6.06. The quantitative estimate of drug-likeness (QED) is 0.825. The van der Waals surface area contributed by atoms with Crippen LogP contribution >= 0.6 is 0 Å². The molecule has 1 aliphatic rings. The van der Waals surface area contributed by atoms with Gasteiger partial charge in [0.05, 0.1) is 5.75 Å². The Morgan fingerprint density at radius 3 is 2.22 bits per heavy atom. The van der Waals surface area contributed by atoms with Gasteiger partial charge in [0.1, 0.15) is 0 Å². The summed E-state index contributed by atoms with van der Waals surface area (Å²) in [5.74, 6) is 0.244. The van der Waals surface area contributed by atoms with Crippen molar-refractivity contribution in [1.29, 1.82) is 0 Å². The Bertz CT molecular complexity index is 804. The predicted molar refractivity (Wildman–Crippen MR) is 90.9 cm³/mol. The van der Waals surface area contributed by atoms with Gasteiger partial charge in [0, 0.05) is 17.2 Å². The molecule has 0 aliphatic heterocycles. The number of rotatable bonds is 6. The van der Waals surface area contributed by atoms with E-state index in [1.807, 2.05) is 31.2 Å². The van der Waals surface area contributed by atoms with Crippen LogP contribution in [0.1, 0.15) is 34.3 Å². The highest BCUT2D eigenvalue weighted by atomic mass is 32.2. The molecule has 1 saturated carbocycles. The van der Waals surface area contributed by atoms with Crippen molar-refractivity contribution in [3.63, 3.8) is 0 Å². The summed E-state index contributed by atoms with van der Waals surface area (Å²) in [7, 11) is -3.47. The number of carbonyl (C=O) groups excluding carboxylic acids is 1. The molecular weight excluding hydrogens is 310 g/mol. The van der Waals surface area contributed by atoms with Gasteiger partial charge in [-0.05, 0) is 49.6 Å². The van der Waals surface area contributed by atoms with Gasteiger partial charge in [-0.3, -0.25) is 9.52 Å². The number of sulfonamides is 1. The van der Waals surface area contributed by atoms with Crippen molar-refractivity contribution >= 4 is 21.5 Å². The summed E-state index contributed by atoms with van der Waals surface area (Å²) >= 11 is 0. The molecule has 120 valence electrons. The molecule has 2 aromatic carbocycles. The lowest BCUT2D eigenvalue weighted by Gasteiger charge is -2.09. The molecule has 0 unspecified atom stereocenters. The number of hydrogen-bond acceptors (Lipinski definition) is 3. The molecule has 23 heavy (non-hydrogen) atoms. The first kappa shape index (κ1) is 15.7. The summed E-state index contributed by atoms with van der Waals surface area (Å²) in [5, 5.41) is 0. The number of hydrogen-bond donors (Lipinski definition) is 1. The molecule has 0 heterocycles. The van der Waals surface area contributed by atoms with Gasteiger partial charge in [-0.25, -0.2) is 8.42 Å². The highest BCUT2D eigenvalue weighted by Gasteiger charge is 2.30. The van der Waals surface area contributed by atoms with Crippen molar-refractivity contribution in [3.05, 3.63) is 65.2 Å². The van der Waals surface area contributed by atoms with Crippen LogP contribution in [0.4, 0.5) is 5.69 Å². The third-order valence-electron chi connectivity index (χ3n) is 3.87. The van der Waals surface area contributed by atoms with Crippen LogP contribution in [0.25, 0.3) is 0 Å². The average Bonchev–Trinajstić information content (AvgIpc) is 3.34. The van der Waals surface area contributed by atoms with E-state index in [9.17, 15) is 13.2 Å². The fourth-order valence-electron chi connectivity index (χ4n) is 2.40. The average molecular weight is 329 g/mol. The first-order valence-electron chi connectivity index (χ1n) is 7.63. The lowest BCUT2D eigenvalue weighted by molar-refractivity contribution is 0.0967. The molecule has 1 aliphatic carbocycles. The highest BCUT2D eigenvalue weighted by molar-refractivity contribution is 7.91. The third-order valence-corrected chi connectivity index (χ3v) is 5.13. The van der Waals surface area contributed by atoms with E-state index in [0.29, 0.717) is 11.3 Å². The molecule has 5 heteroatoms. The molecule has 0 spiro atoms. The van der Waals surface area contributed by atoms with Crippen LogP contribution in [0.2, 0.25) is 0 Å². The number of anilines is 1. The van der Waals surface area contributed by atoms with E-state index < -0.39 is 10.0 Å². The summed E-state index contributed by atoms with van der Waals surface area (Å²) in [5.41, 5.74) is 2.96. The Hall–Kier alpha value is -2.14. The minimum atomic E-state index is -3.47. The van der Waals surface area contributed by atoms with Crippen LogP contribution in [-0.4, -0.2) is 14.2 Å². The molecular formula is C18H19NO3S. The van der Waals surface area contributed by atoms with Gasteiger partial charge in [-0.1, -0.05) is 29.8 Å². The van der Waals surface area contributed by atoms with E-state index in [1.54, 1.807) is 24.3 Å². The Labute approximate surface area is 136 Å². The van der Waals surface area contributed by atoms with E-state index in [1.165, 1.54) is 0 Å². The maximum absolute atomic E-state index is 12.2. The third kappa shape index (κ3) is 4.20. The fourth-order valence-corrected chi connectivity index (χ4v) is 3.60. The van der Waals surface area contributed by atoms with Gasteiger partial charge < -0.3 is 0 Å². The molecule has 0 amide bonds. The van der Waals surface area contributed by atoms with Crippen LogP contribution in [0.15, 0.2) is 48.5 Å². The number of ketones is 1. The second kappa shape index (κ2) is 6.16. The van der Waals surface area contributed by atoms with E-state index in [2.05, 4.69) is 4.72 Å². The number of benzene rings is 2. The number of aryl methyl sites for hydroxylation is 1. The Morgan fingerprint density at radius 1 is 1.04 bits per heavy atom. The summed E-state index contributed by atoms with van der Waals surface area (Å²) in [4.78, 5) is 11.9. The van der Waals surface area contributed by atoms with E-state index in [4.69, 9.17) is 0 Å². The molecule has 3 rings (SSSR count). The highest BCUT2D eigenvalue weighted by Crippen LogP contribution is 2.32. The van der Waals surface area contributed by atoms with Crippen molar-refractivity contribution in [3.8, 4) is 0 Å². The van der Waals surface area contributed by atoms with Gasteiger partial charge in [0.2, 0.25) is 10.0 Å². The molecule has 0 aromatic heterocycles. The van der Waals surface area contributed by atoms with Crippen LogP contribution in [0, 0.1) is 12.8 Å². The van der Waals surface area contributed by atoms with Crippen LogP contribution in [-0.2, 0) is 15.8 Å². The Balaban J connectivity index is 1.67. The SMILES string of the molecule is Cc1ccc(CS(=O)(=O)Nc2ccc(C(=O)C3CC3)cc2)cc1. The van der Waals surface area contributed by atoms with Crippen LogP contribution in [0.5, 0.6) is 0 Å². The van der Waals surface area contributed by atoms with Gasteiger partial charge in [-0.15, -0.1) is 0 Å². The van der Waals surface area contributed by atoms with Crippen molar-refractivity contribution in [2.24, 2.45) is 5.92 Å². The maximum atomic E-state index is 12.2. The number of nitrogens with one attached hydrogen (secondary N) is 1. The molecule has 4 nitrogen and oxygen atoms in total. The van der Waals surface area contributed by atoms with Crippen LogP contribution < -0.4 is 4.72 Å². The summed E-state index contributed by atoms with van der Waals surface area (Å²) in [6.45, 7) is 1.96. The first-order chi connectivity index (χ1) is 10.9. The summed E-state index contributed by atoms with van der Waals surface area (Å²) in [6, 6.07) is 14.1. The molecule has 1 fully saturated rings. The monoisotopic (exact) mass is 329 g/mol. The lowest BCUT2D eigenvalue weighted by Crippen LogP contribution is -2.15. The van der Waals surface area contributed by atoms with E-state index in [0.717, 1.165) is 24.0 Å². The molecule has 1 N–H and O–H groups in total. The van der Waals surface area contributed by atoms with Crippen molar-refractivity contribution in [2.75, 3.05) is 4.72 Å². The van der Waals surface area contributed by atoms with E-state index in [-0.39, 0.29) is 17.5 Å². The lowest BCUT2D eigenvalue weighted by atomic mass is 10.1. The molecule has 0 bridgehead atoms. The number of carbonyl (C=O) groups is 1. The van der Waals surface area contributed by atoms with Gasteiger partial charge in [-0.2, -0.15) is 0 Å². The predicted octanol–water partition coefficient (Wildman–Crippen LogP) is 3.53. The van der Waals surface area contributed by atoms with Crippen molar-refractivity contribution in [1.82, 2.24) is 0 Å². The van der Waals surface area contributed by atoms with Gasteiger partial charge in [0.15, 0.2) is 5.78 Å². The molecule has 0 saturated heterocycles. The Morgan fingerprint density at radius 2 is 1.65 bits per heavy atom. The minimum Gasteiger partial charge on any atom is -0.294 e. The minimum absolute atomic E-state index is 0.0734. The largest absolute Gasteiger partial charge is 0.294 e. The zero-order valence-electron chi connectivity index (χ0n) is 13.0. The standard InChI is InChI=1S/C18H19NO3S/c1-13-2-4-14(5-3-13)12-23(21,22)19-17-10-8-16(9-11-17)18(20)15-6-7-15/h2-5,8-11,15,19H,6-7,12H2,1H3. The first-order valence-corrected chi connectivity index (χ1v) is 9.28. The molecule has 0 radical (unpaired) electrons. The summed E-state index contributed by atoms with van der Waals surface area (Å²) in [6.07, 6.45) is 1.92. The molecule has 2 aromatic rings. The van der Waals surface area contributed by atoms with Crippen LogP contribution in [0.3, 0.4) is 0 Å². The topological polar surface area (TPSA) is 63.2 Å². The van der Waals surface area contributed by atoms with Crippen molar-refractivity contribution in [2.45, 2.75) is 25.5 Å². The Kier molecular flexibility index (Phi) is 4.22. The smallest absolute Gasteiger partial charge is 0.236 e. The van der Waals surface area contributed by atoms with Gasteiger partial charge in [0.25, 0.3) is 0 Å².